The molecular formula is C16H19N5. The van der Waals surface area contributed by atoms with Gasteiger partial charge < -0.3 is 17.2 Å². The lowest BCUT2D eigenvalue weighted by Crippen LogP contribution is -2.38. The van der Waals surface area contributed by atoms with Crippen molar-refractivity contribution in [3.63, 3.8) is 0 Å². The molecule has 0 bridgehead atoms. The largest absolute Gasteiger partial charge is 0.397 e. The molecule has 2 aromatic rings. The van der Waals surface area contributed by atoms with Gasteiger partial charge in [0, 0.05) is 11.1 Å². The molecule has 2 aromatic carbocycles. The number of hydrogen-bond donors (Lipinski definition) is 4. The average molecular weight is 281 g/mol. The van der Waals surface area contributed by atoms with E-state index in [2.05, 4.69) is 35.2 Å². The van der Waals surface area contributed by atoms with Crippen LogP contribution in [0.3, 0.4) is 0 Å². The van der Waals surface area contributed by atoms with Crippen LogP contribution < -0.4 is 22.5 Å². The van der Waals surface area contributed by atoms with E-state index in [1.165, 1.54) is 0 Å². The van der Waals surface area contributed by atoms with E-state index in [0.29, 0.717) is 17.1 Å². The second kappa shape index (κ2) is 4.23. The molecule has 1 aliphatic rings. The van der Waals surface area contributed by atoms with Gasteiger partial charge in [0.15, 0.2) is 5.66 Å². The maximum atomic E-state index is 6.25. The van der Waals surface area contributed by atoms with Gasteiger partial charge in [-0.2, -0.15) is 0 Å². The maximum absolute atomic E-state index is 6.25. The molecule has 7 N–H and O–H groups in total. The van der Waals surface area contributed by atoms with E-state index in [0.717, 1.165) is 27.8 Å². The summed E-state index contributed by atoms with van der Waals surface area (Å²) in [6, 6.07) is 8.06. The molecule has 0 fully saturated rings. The number of anilines is 3. The van der Waals surface area contributed by atoms with Crippen molar-refractivity contribution in [2.24, 2.45) is 4.99 Å². The molecule has 0 aliphatic heterocycles. The Morgan fingerprint density at radius 2 is 1.81 bits per heavy atom. The monoisotopic (exact) mass is 281 g/mol. The molecule has 1 atom stereocenters. The Hall–Kier alpha value is -2.53. The van der Waals surface area contributed by atoms with Crippen LogP contribution in [0.15, 0.2) is 29.3 Å². The lowest BCUT2D eigenvalue weighted by molar-refractivity contribution is 0.478. The van der Waals surface area contributed by atoms with Gasteiger partial charge in [-0.05, 0) is 37.9 Å². The number of hydrogen-bond acceptors (Lipinski definition) is 5. The number of nitrogens with zero attached hydrogens (tertiary/aromatic N) is 1. The minimum atomic E-state index is -0.789. The third-order valence-corrected chi connectivity index (χ3v) is 4.26. The summed E-state index contributed by atoms with van der Waals surface area (Å²) >= 11 is 0. The van der Waals surface area contributed by atoms with E-state index in [9.17, 15) is 0 Å². The fraction of sp³-hybridized carbons (Fsp3) is 0.188. The molecule has 0 saturated heterocycles. The van der Waals surface area contributed by atoms with E-state index in [-0.39, 0.29) is 0 Å². The summed E-state index contributed by atoms with van der Waals surface area (Å²) in [6.45, 7) is 5.81. The summed E-state index contributed by atoms with van der Waals surface area (Å²) in [7, 11) is 1.84. The second-order valence-corrected chi connectivity index (χ2v) is 5.38. The Labute approximate surface area is 123 Å². The second-order valence-electron chi connectivity index (χ2n) is 5.38. The third-order valence-electron chi connectivity index (χ3n) is 4.26. The Morgan fingerprint density at radius 1 is 1.10 bits per heavy atom. The number of nitrogens with two attached hydrogens (primary N) is 3. The van der Waals surface area contributed by atoms with Crippen LogP contribution in [0.25, 0.3) is 11.1 Å². The predicted octanol–water partition coefficient (Wildman–Crippen LogP) is 1.84. The fourth-order valence-corrected chi connectivity index (χ4v) is 3.17. The summed E-state index contributed by atoms with van der Waals surface area (Å²) in [4.78, 5) is 4.36. The minimum Gasteiger partial charge on any atom is -0.397 e. The summed E-state index contributed by atoms with van der Waals surface area (Å²) in [5, 5.41) is 3.25. The van der Waals surface area contributed by atoms with Crippen LogP contribution in [-0.4, -0.2) is 13.8 Å². The van der Waals surface area contributed by atoms with Crippen molar-refractivity contribution >= 4 is 23.8 Å². The van der Waals surface area contributed by atoms with Crippen molar-refractivity contribution < 1.29 is 0 Å². The van der Waals surface area contributed by atoms with Crippen molar-refractivity contribution in [1.29, 1.82) is 0 Å². The molecule has 0 aromatic heterocycles. The summed E-state index contributed by atoms with van der Waals surface area (Å²) < 4.78 is 0. The zero-order valence-electron chi connectivity index (χ0n) is 12.2. The Balaban J connectivity index is 2.49. The van der Waals surface area contributed by atoms with Gasteiger partial charge in [-0.15, -0.1) is 0 Å². The normalized spacial score (nSPS) is 19.1. The number of rotatable bonds is 2. The van der Waals surface area contributed by atoms with Crippen molar-refractivity contribution in [3.8, 4) is 11.1 Å². The van der Waals surface area contributed by atoms with Crippen LogP contribution in [-0.2, 0) is 5.66 Å². The number of aryl methyl sites for hydroxylation is 1. The maximum Gasteiger partial charge on any atom is 0.164 e. The van der Waals surface area contributed by atoms with E-state index in [1.807, 2.05) is 20.0 Å². The van der Waals surface area contributed by atoms with Crippen LogP contribution in [0.4, 0.5) is 17.1 Å². The van der Waals surface area contributed by atoms with E-state index in [4.69, 9.17) is 17.2 Å². The smallest absolute Gasteiger partial charge is 0.164 e. The highest BCUT2D eigenvalue weighted by Crippen LogP contribution is 2.53. The van der Waals surface area contributed by atoms with Crippen molar-refractivity contribution in [3.05, 3.63) is 41.0 Å². The molecule has 0 saturated carbocycles. The van der Waals surface area contributed by atoms with E-state index >= 15 is 0 Å². The zero-order valence-corrected chi connectivity index (χ0v) is 12.2. The number of fused-ring (bicyclic) bond motifs is 3. The van der Waals surface area contributed by atoms with E-state index in [1.54, 1.807) is 0 Å². The molecule has 108 valence electrons. The van der Waals surface area contributed by atoms with E-state index < -0.39 is 5.66 Å². The van der Waals surface area contributed by atoms with Gasteiger partial charge in [-0.1, -0.05) is 23.8 Å². The average Bonchev–Trinajstić information content (AvgIpc) is 2.74. The molecule has 5 heteroatoms. The Morgan fingerprint density at radius 3 is 2.43 bits per heavy atom. The Kier molecular flexibility index (Phi) is 2.71. The predicted molar refractivity (Wildman–Crippen MR) is 89.2 cm³/mol. The number of benzene rings is 2. The quantitative estimate of drug-likeness (QED) is 0.498. The molecular weight excluding hydrogens is 262 g/mol. The number of nitrogen functional groups attached to an aromatic ring is 3. The molecule has 0 spiro atoms. The number of aliphatic imine (C=N–C) groups is 1. The molecule has 21 heavy (non-hydrogen) atoms. The summed E-state index contributed by atoms with van der Waals surface area (Å²) in [5.41, 5.74) is 23.8. The molecule has 1 aliphatic carbocycles. The first-order valence-electron chi connectivity index (χ1n) is 6.72. The highest BCUT2D eigenvalue weighted by atomic mass is 15.1. The van der Waals surface area contributed by atoms with Gasteiger partial charge in [0.2, 0.25) is 0 Å². The molecule has 3 rings (SSSR count). The summed E-state index contributed by atoms with van der Waals surface area (Å²) in [5.74, 6) is 0. The highest BCUT2D eigenvalue weighted by molar-refractivity contribution is 5.94. The topological polar surface area (TPSA) is 102 Å². The highest BCUT2D eigenvalue weighted by Gasteiger charge is 2.44. The van der Waals surface area contributed by atoms with Gasteiger partial charge in [-0.3, -0.25) is 10.3 Å². The minimum absolute atomic E-state index is 0.390. The molecule has 0 heterocycles. The third kappa shape index (κ3) is 1.52. The standard InChI is InChI=1S/C16H19N5/c1-8-4-5-9-10-7-12(17)14(18)15(19)13(10)16(20-2,21-3)11(9)6-8/h4-7,21H,2,17-19H2,1,3H3. The molecule has 1 unspecified atom stereocenters. The van der Waals surface area contributed by atoms with Crippen molar-refractivity contribution in [1.82, 2.24) is 5.32 Å². The van der Waals surface area contributed by atoms with Crippen LogP contribution in [0.1, 0.15) is 16.7 Å². The fourth-order valence-electron chi connectivity index (χ4n) is 3.17. The first-order valence-corrected chi connectivity index (χ1v) is 6.72. The lowest BCUT2D eigenvalue weighted by atomic mass is 9.94. The molecule has 0 amide bonds. The van der Waals surface area contributed by atoms with Crippen LogP contribution in [0, 0.1) is 6.92 Å². The number of nitrogens with one attached hydrogen (secondary N) is 1. The Bertz CT molecular complexity index is 766. The zero-order chi connectivity index (χ0) is 15.4. The van der Waals surface area contributed by atoms with Crippen LogP contribution in [0.5, 0.6) is 0 Å². The van der Waals surface area contributed by atoms with Gasteiger partial charge in [0.05, 0.1) is 17.1 Å². The van der Waals surface area contributed by atoms with Crippen molar-refractivity contribution in [2.45, 2.75) is 12.6 Å². The first-order chi connectivity index (χ1) is 9.96. The molecule has 0 radical (unpaired) electrons. The summed E-state index contributed by atoms with van der Waals surface area (Å²) in [6.07, 6.45) is 0. The van der Waals surface area contributed by atoms with Crippen LogP contribution >= 0.6 is 0 Å². The SMILES string of the molecule is C=NC1(NC)c2cc(C)ccc2-c2cc(N)c(N)c(N)c21. The van der Waals surface area contributed by atoms with Crippen molar-refractivity contribution in [2.75, 3.05) is 24.2 Å². The molecule has 5 nitrogen and oxygen atoms in total. The van der Waals surface area contributed by atoms with Gasteiger partial charge >= 0.3 is 0 Å². The van der Waals surface area contributed by atoms with Gasteiger partial charge in [0.25, 0.3) is 0 Å². The lowest BCUT2D eigenvalue weighted by Gasteiger charge is -2.28. The first kappa shape index (κ1) is 13.5. The van der Waals surface area contributed by atoms with Gasteiger partial charge in [-0.25, -0.2) is 0 Å². The van der Waals surface area contributed by atoms with Gasteiger partial charge in [0.1, 0.15) is 0 Å². The van der Waals surface area contributed by atoms with Crippen LogP contribution in [0.2, 0.25) is 0 Å².